The fourth-order valence-electron chi connectivity index (χ4n) is 1.54. The summed E-state index contributed by atoms with van der Waals surface area (Å²) in [6, 6.07) is 4.33. The summed E-state index contributed by atoms with van der Waals surface area (Å²) in [5.41, 5.74) is 9.38. The molecule has 2 N–H and O–H groups in total. The summed E-state index contributed by atoms with van der Waals surface area (Å²) in [6.45, 7) is 0.636. The lowest BCUT2D eigenvalue weighted by atomic mass is 10.0. The Morgan fingerprint density at radius 2 is 1.75 bits per heavy atom. The van der Waals surface area contributed by atoms with Crippen LogP contribution in [-0.2, 0) is 0 Å². The van der Waals surface area contributed by atoms with Crippen molar-refractivity contribution in [2.45, 2.75) is 6.42 Å². The Morgan fingerprint density at radius 3 is 2.19 bits per heavy atom. The molecule has 0 atom stereocenters. The molecule has 2 rings (SSSR count). The fraction of sp³-hybridized carbons (Fsp3) is 0.154. The molecule has 0 saturated heterocycles. The first-order valence-electron chi connectivity index (χ1n) is 5.19. The standard InChI is InChI=1S/C13H14NS2/c14-6-2-1-3-13(11-4-7-15-9-11)12-5-8-16-10-12/h2-5,7-10H,1,6,14H2. The lowest BCUT2D eigenvalue weighted by Gasteiger charge is -2.03. The Kier molecular flexibility index (Phi) is 4.34. The fourth-order valence-corrected chi connectivity index (χ4v) is 2.85. The number of thiophene rings is 2. The number of unbranched alkanes of at least 4 members (excludes halogenated alkanes) is 1. The van der Waals surface area contributed by atoms with Gasteiger partial charge in [-0.15, -0.1) is 0 Å². The molecule has 3 heteroatoms. The average molecular weight is 248 g/mol. The normalized spacial score (nSPS) is 10.3. The van der Waals surface area contributed by atoms with Crippen LogP contribution in [0.15, 0.2) is 39.7 Å². The van der Waals surface area contributed by atoms with Crippen molar-refractivity contribution in [3.8, 4) is 0 Å². The molecule has 0 aromatic carbocycles. The molecule has 83 valence electrons. The second kappa shape index (κ2) is 5.99. The first-order valence-corrected chi connectivity index (χ1v) is 7.07. The van der Waals surface area contributed by atoms with Gasteiger partial charge >= 0.3 is 0 Å². The van der Waals surface area contributed by atoms with E-state index in [1.807, 2.05) is 0 Å². The van der Waals surface area contributed by atoms with Crippen LogP contribution in [0.5, 0.6) is 0 Å². The summed E-state index contributed by atoms with van der Waals surface area (Å²) in [4.78, 5) is 0. The van der Waals surface area contributed by atoms with Gasteiger partial charge in [-0.05, 0) is 69.7 Å². The molecule has 0 aliphatic rings. The highest BCUT2D eigenvalue weighted by atomic mass is 32.1. The van der Waals surface area contributed by atoms with Gasteiger partial charge in [0, 0.05) is 0 Å². The third-order valence-electron chi connectivity index (χ3n) is 2.32. The summed E-state index contributed by atoms with van der Waals surface area (Å²) in [7, 11) is 0. The molecule has 2 aromatic heterocycles. The molecule has 2 aromatic rings. The Hall–Kier alpha value is -0.900. The molecule has 1 radical (unpaired) electrons. The van der Waals surface area contributed by atoms with E-state index in [4.69, 9.17) is 5.73 Å². The Balaban J connectivity index is 2.24. The zero-order valence-electron chi connectivity index (χ0n) is 8.93. The van der Waals surface area contributed by atoms with E-state index in [0.29, 0.717) is 6.54 Å². The van der Waals surface area contributed by atoms with Crippen molar-refractivity contribution in [3.63, 3.8) is 0 Å². The maximum absolute atomic E-state index is 5.47. The van der Waals surface area contributed by atoms with Crippen molar-refractivity contribution >= 4 is 28.2 Å². The largest absolute Gasteiger partial charge is 0.330 e. The van der Waals surface area contributed by atoms with E-state index in [-0.39, 0.29) is 0 Å². The first kappa shape index (κ1) is 11.6. The predicted octanol–water partition coefficient (Wildman–Crippen LogP) is 3.79. The molecular formula is C13H14NS2. The van der Waals surface area contributed by atoms with Crippen LogP contribution < -0.4 is 5.73 Å². The Morgan fingerprint density at radius 1 is 1.12 bits per heavy atom. The van der Waals surface area contributed by atoms with Gasteiger partial charge in [0.05, 0.1) is 0 Å². The van der Waals surface area contributed by atoms with Gasteiger partial charge in [0.1, 0.15) is 0 Å². The lowest BCUT2D eigenvalue weighted by molar-refractivity contribution is 1.06. The highest BCUT2D eigenvalue weighted by Gasteiger charge is 2.05. The number of hydrogen-bond donors (Lipinski definition) is 1. The van der Waals surface area contributed by atoms with Crippen LogP contribution in [0.2, 0.25) is 0 Å². The third kappa shape index (κ3) is 2.82. The van der Waals surface area contributed by atoms with Gasteiger partial charge in [-0.2, -0.15) is 22.7 Å². The minimum Gasteiger partial charge on any atom is -0.330 e. The first-order chi connectivity index (χ1) is 7.92. The van der Waals surface area contributed by atoms with E-state index in [1.165, 1.54) is 16.7 Å². The molecule has 0 fully saturated rings. The third-order valence-corrected chi connectivity index (χ3v) is 3.69. The van der Waals surface area contributed by atoms with Crippen LogP contribution in [0.3, 0.4) is 0 Å². The second-order valence-corrected chi connectivity index (χ2v) is 4.96. The van der Waals surface area contributed by atoms with Crippen LogP contribution in [0.25, 0.3) is 5.57 Å². The van der Waals surface area contributed by atoms with E-state index < -0.39 is 0 Å². The van der Waals surface area contributed by atoms with E-state index >= 15 is 0 Å². The van der Waals surface area contributed by atoms with Crippen molar-refractivity contribution in [1.29, 1.82) is 0 Å². The van der Waals surface area contributed by atoms with Crippen molar-refractivity contribution in [3.05, 3.63) is 57.3 Å². The summed E-state index contributed by atoms with van der Waals surface area (Å²) >= 11 is 3.46. The number of nitrogens with two attached hydrogens (primary N) is 1. The molecule has 0 bridgehead atoms. The maximum atomic E-state index is 5.47. The molecule has 0 aliphatic heterocycles. The van der Waals surface area contributed by atoms with Crippen LogP contribution in [0, 0.1) is 6.42 Å². The van der Waals surface area contributed by atoms with Crippen molar-refractivity contribution in [1.82, 2.24) is 0 Å². The zero-order chi connectivity index (χ0) is 11.2. The van der Waals surface area contributed by atoms with Gasteiger partial charge in [0.15, 0.2) is 0 Å². The molecule has 2 heterocycles. The van der Waals surface area contributed by atoms with Gasteiger partial charge in [-0.25, -0.2) is 0 Å². The lowest BCUT2D eigenvalue weighted by Crippen LogP contribution is -1.98. The minimum atomic E-state index is 0.636. The summed E-state index contributed by atoms with van der Waals surface area (Å²) < 4.78 is 0. The molecule has 16 heavy (non-hydrogen) atoms. The number of rotatable bonds is 5. The SMILES string of the molecule is NC[CH]CC=C(c1ccsc1)c1ccsc1. The van der Waals surface area contributed by atoms with Gasteiger partial charge in [-0.3, -0.25) is 0 Å². The molecule has 0 amide bonds. The van der Waals surface area contributed by atoms with Crippen LogP contribution in [0.1, 0.15) is 17.5 Å². The average Bonchev–Trinajstić information content (AvgIpc) is 2.97. The molecule has 0 aliphatic carbocycles. The van der Waals surface area contributed by atoms with E-state index in [0.717, 1.165) is 6.42 Å². The van der Waals surface area contributed by atoms with Crippen LogP contribution in [0.4, 0.5) is 0 Å². The summed E-state index contributed by atoms with van der Waals surface area (Å²) in [5.74, 6) is 0. The van der Waals surface area contributed by atoms with Crippen LogP contribution >= 0.6 is 22.7 Å². The minimum absolute atomic E-state index is 0.636. The molecule has 0 spiro atoms. The summed E-state index contributed by atoms with van der Waals surface area (Å²) in [6.07, 6.45) is 5.26. The highest BCUT2D eigenvalue weighted by Crippen LogP contribution is 2.27. The Bertz CT molecular complexity index is 390. The van der Waals surface area contributed by atoms with Crippen LogP contribution in [-0.4, -0.2) is 6.54 Å². The van der Waals surface area contributed by atoms with E-state index in [1.54, 1.807) is 22.7 Å². The summed E-state index contributed by atoms with van der Waals surface area (Å²) in [5, 5.41) is 8.60. The quantitative estimate of drug-likeness (QED) is 0.800. The number of allylic oxidation sites excluding steroid dienone is 1. The molecular weight excluding hydrogens is 234 g/mol. The molecule has 0 unspecified atom stereocenters. The zero-order valence-corrected chi connectivity index (χ0v) is 10.6. The Labute approximate surface area is 104 Å². The van der Waals surface area contributed by atoms with Crippen molar-refractivity contribution in [2.24, 2.45) is 5.73 Å². The maximum Gasteiger partial charge on any atom is -0.00146 e. The second-order valence-electron chi connectivity index (χ2n) is 3.40. The van der Waals surface area contributed by atoms with Gasteiger partial charge in [-0.1, -0.05) is 6.08 Å². The van der Waals surface area contributed by atoms with Gasteiger partial charge in [0.25, 0.3) is 0 Å². The van der Waals surface area contributed by atoms with Crippen molar-refractivity contribution in [2.75, 3.05) is 6.54 Å². The molecule has 0 saturated carbocycles. The van der Waals surface area contributed by atoms with E-state index in [2.05, 4.69) is 46.1 Å². The monoisotopic (exact) mass is 248 g/mol. The predicted molar refractivity (Wildman–Crippen MR) is 73.7 cm³/mol. The topological polar surface area (TPSA) is 26.0 Å². The molecule has 1 nitrogen and oxygen atoms in total. The van der Waals surface area contributed by atoms with E-state index in [9.17, 15) is 0 Å². The van der Waals surface area contributed by atoms with Gasteiger partial charge < -0.3 is 5.73 Å². The smallest absolute Gasteiger partial charge is 0.00146 e. The van der Waals surface area contributed by atoms with Crippen molar-refractivity contribution < 1.29 is 0 Å². The number of hydrogen-bond acceptors (Lipinski definition) is 3. The highest BCUT2D eigenvalue weighted by molar-refractivity contribution is 7.08. The van der Waals surface area contributed by atoms with Gasteiger partial charge in [0.2, 0.25) is 0 Å².